The molecule has 3 N–H and O–H groups in total. The highest BCUT2D eigenvalue weighted by Gasteiger charge is 2.50. The number of nitrogens with one attached hydrogen (secondary N) is 3. The molecule has 72 heavy (non-hydrogen) atoms. The zero-order valence-electron chi connectivity index (χ0n) is 40.8. The Morgan fingerprint density at radius 3 is 2.47 bits per heavy atom. The van der Waals surface area contributed by atoms with Gasteiger partial charge in [-0.15, -0.1) is 0 Å². The van der Waals surface area contributed by atoms with E-state index in [1.54, 1.807) is 12.1 Å². The molecule has 7 heterocycles. The Morgan fingerprint density at radius 1 is 0.931 bits per heavy atom. The van der Waals surface area contributed by atoms with Gasteiger partial charge in [0.25, 0.3) is 21.6 Å². The number of nitro benzene ring substituents is 1. The summed E-state index contributed by atoms with van der Waals surface area (Å²) in [5.74, 6) is -0.538. The number of hydrogen-bond acceptors (Lipinski definition) is 14. The molecular formula is C53H63FN8O9S. The largest absolute Gasteiger partial charge is 0.471 e. The van der Waals surface area contributed by atoms with Crippen molar-refractivity contribution in [1.82, 2.24) is 19.6 Å². The maximum atomic E-state index is 15.4. The summed E-state index contributed by atoms with van der Waals surface area (Å²) in [5.41, 5.74) is 4.70. The Balaban J connectivity index is 0.889. The lowest BCUT2D eigenvalue weighted by atomic mass is 9.59. The number of pyridine rings is 1. The number of amides is 1. The zero-order chi connectivity index (χ0) is 49.7. The van der Waals surface area contributed by atoms with Crippen LogP contribution in [0.4, 0.5) is 32.8 Å². The van der Waals surface area contributed by atoms with Gasteiger partial charge in [0.15, 0.2) is 0 Å². The van der Waals surface area contributed by atoms with Crippen LogP contribution in [-0.2, 0) is 24.2 Å². The van der Waals surface area contributed by atoms with Gasteiger partial charge in [-0.05, 0) is 110 Å². The van der Waals surface area contributed by atoms with E-state index < -0.39 is 49.4 Å². The number of carbonyl (C=O) groups excluding carboxylic acids is 1. The van der Waals surface area contributed by atoms with Gasteiger partial charge in [0, 0.05) is 76.4 Å². The number of H-pyrrole nitrogens is 1. The molecule has 0 bridgehead atoms. The maximum absolute atomic E-state index is 15.4. The number of piperidine rings is 1. The predicted octanol–water partition coefficient (Wildman–Crippen LogP) is 8.59. The fourth-order valence-electron chi connectivity index (χ4n) is 12.2. The van der Waals surface area contributed by atoms with Crippen LogP contribution in [0.1, 0.15) is 98.7 Å². The summed E-state index contributed by atoms with van der Waals surface area (Å²) >= 11 is 0. The summed E-state index contributed by atoms with van der Waals surface area (Å²) in [4.78, 5) is 40.6. The third-order valence-corrected chi connectivity index (χ3v) is 17.5. The summed E-state index contributed by atoms with van der Waals surface area (Å²) in [6.45, 7) is 10.9. The van der Waals surface area contributed by atoms with Crippen LogP contribution >= 0.6 is 0 Å². The number of rotatable bonds is 12. The van der Waals surface area contributed by atoms with Crippen molar-refractivity contribution in [3.8, 4) is 5.88 Å². The lowest BCUT2D eigenvalue weighted by Crippen LogP contribution is -2.58. The van der Waals surface area contributed by atoms with Crippen molar-refractivity contribution < 1.29 is 41.5 Å². The van der Waals surface area contributed by atoms with Crippen molar-refractivity contribution >= 4 is 55.4 Å². The SMILES string of the molecule is CC(C)c1ccccc1[C@@H]1COCCN1C1CC2(CCN(c3ccc(C(=O)NS(=O)(=O)c4ccc(NCC5CCOCC5)c([N+](=O)[O-])c4)c(N4c5cc6c(F)c[nH]c6nc5O[C@@H]5CCOCC[C@H]54)c3)CC2)C1. The molecule has 0 radical (unpaired) electrons. The third-order valence-electron chi connectivity index (χ3n) is 16.2. The molecule has 5 fully saturated rings. The first kappa shape index (κ1) is 48.4. The highest BCUT2D eigenvalue weighted by Crippen LogP contribution is 2.54. The number of hydrogen-bond donors (Lipinski definition) is 3. The lowest BCUT2D eigenvalue weighted by Gasteiger charge is -2.57. The number of halogens is 1. The zero-order valence-corrected chi connectivity index (χ0v) is 41.6. The third kappa shape index (κ3) is 9.38. The number of sulfonamides is 1. The minimum absolute atomic E-state index is 0.0346. The quantitative estimate of drug-likeness (QED) is 0.0795. The van der Waals surface area contributed by atoms with Gasteiger partial charge >= 0.3 is 0 Å². The van der Waals surface area contributed by atoms with Crippen LogP contribution in [0, 0.1) is 27.3 Å². The molecule has 3 aromatic carbocycles. The van der Waals surface area contributed by atoms with Crippen molar-refractivity contribution in [1.29, 1.82) is 0 Å². The van der Waals surface area contributed by atoms with E-state index in [0.29, 0.717) is 81.4 Å². The van der Waals surface area contributed by atoms with Crippen LogP contribution in [0.2, 0.25) is 0 Å². The molecule has 2 aromatic heterocycles. The maximum Gasteiger partial charge on any atom is 0.293 e. The molecule has 1 spiro atoms. The summed E-state index contributed by atoms with van der Waals surface area (Å²) in [6, 6.07) is 19.7. The second-order valence-corrected chi connectivity index (χ2v) is 22.5. The molecule has 17 nitrogen and oxygen atoms in total. The van der Waals surface area contributed by atoms with Crippen molar-refractivity contribution in [3.63, 3.8) is 0 Å². The first-order valence-electron chi connectivity index (χ1n) is 25.5. The topological polar surface area (TPSA) is 194 Å². The fourth-order valence-corrected chi connectivity index (χ4v) is 13.2. The van der Waals surface area contributed by atoms with E-state index in [9.17, 15) is 23.3 Å². The standard InChI is InChI=1S/C53H63FN8O9S/c1-33(2)38-5-3-4-6-39(38)48-32-70-24-19-60(48)36-28-53(29-36)15-17-59(18-16-53)35-7-9-40(51(63)58-72(66,67)37-8-10-43(46(26-37)62(64)65)55-30-34-11-20-68-21-12-34)45(25-35)61-44-13-22-69-23-14-49(44)71-52-47(61)27-41-42(54)31-56-50(41)57-52/h3-10,25-27,31,33-34,36,44,48-49,55H,11-24,28-30,32H2,1-2H3,(H,56,57)(H,58,63)/t44-,48+,49-/m1/s1. The van der Waals surface area contributed by atoms with Gasteiger partial charge in [-0.3, -0.25) is 19.8 Å². The van der Waals surface area contributed by atoms with Gasteiger partial charge in [-0.1, -0.05) is 38.1 Å². The monoisotopic (exact) mass is 1010 g/mol. The van der Waals surface area contributed by atoms with Crippen molar-refractivity contribution in [2.45, 2.75) is 100 Å². The average Bonchev–Trinajstić information content (AvgIpc) is 3.57. The molecule has 0 unspecified atom stereocenters. The molecule has 1 aliphatic carbocycles. The number of morpholine rings is 1. The van der Waals surface area contributed by atoms with Gasteiger partial charge in [-0.2, -0.15) is 4.98 Å². The molecule has 5 aromatic rings. The first-order valence-corrected chi connectivity index (χ1v) is 27.0. The van der Waals surface area contributed by atoms with Crippen molar-refractivity contribution in [2.24, 2.45) is 11.3 Å². The Kier molecular flexibility index (Phi) is 13.4. The van der Waals surface area contributed by atoms with Gasteiger partial charge in [-0.25, -0.2) is 17.5 Å². The molecule has 11 rings (SSSR count). The summed E-state index contributed by atoms with van der Waals surface area (Å²) < 4.78 is 70.0. The van der Waals surface area contributed by atoms with E-state index in [1.807, 2.05) is 17.0 Å². The summed E-state index contributed by atoms with van der Waals surface area (Å²) in [7, 11) is -4.66. The van der Waals surface area contributed by atoms with Crippen molar-refractivity contribution in [2.75, 3.05) is 80.9 Å². The lowest BCUT2D eigenvalue weighted by molar-refractivity contribution is -0.384. The van der Waals surface area contributed by atoms with E-state index in [4.69, 9.17) is 23.9 Å². The number of ether oxygens (including phenoxy) is 4. The smallest absolute Gasteiger partial charge is 0.293 e. The summed E-state index contributed by atoms with van der Waals surface area (Å²) in [5, 5.41) is 15.7. The molecule has 3 atom stereocenters. The molecule has 5 aliphatic heterocycles. The van der Waals surface area contributed by atoms with E-state index in [2.05, 4.69) is 62.9 Å². The molecule has 6 aliphatic rings. The van der Waals surface area contributed by atoms with E-state index in [0.717, 1.165) is 76.5 Å². The molecule has 1 amide bonds. The number of carbonyl (C=O) groups is 1. The molecule has 4 saturated heterocycles. The molecule has 19 heteroatoms. The van der Waals surface area contributed by atoms with Crippen LogP contribution in [0.5, 0.6) is 5.88 Å². The average molecular weight is 1010 g/mol. The van der Waals surface area contributed by atoms with Crippen LogP contribution < -0.4 is 24.6 Å². The van der Waals surface area contributed by atoms with E-state index in [1.165, 1.54) is 29.5 Å². The Labute approximate surface area is 418 Å². The predicted molar refractivity (Wildman–Crippen MR) is 270 cm³/mol. The number of fused-ring (bicyclic) bond motifs is 3. The van der Waals surface area contributed by atoms with E-state index >= 15 is 4.39 Å². The van der Waals surface area contributed by atoms with Gasteiger partial charge < -0.3 is 39.0 Å². The number of aromatic nitrogens is 2. The molecule has 1 saturated carbocycles. The van der Waals surface area contributed by atoms with Crippen LogP contribution in [0.15, 0.2) is 77.8 Å². The first-order chi connectivity index (χ1) is 34.8. The van der Waals surface area contributed by atoms with Crippen LogP contribution in [0.3, 0.4) is 0 Å². The Hall–Kier alpha value is -5.86. The summed E-state index contributed by atoms with van der Waals surface area (Å²) in [6.07, 6.45) is 7.63. The number of nitro groups is 1. The number of nitrogens with zero attached hydrogens (tertiary/aromatic N) is 5. The van der Waals surface area contributed by atoms with Gasteiger partial charge in [0.2, 0.25) is 5.88 Å². The highest BCUT2D eigenvalue weighted by atomic mass is 32.2. The van der Waals surface area contributed by atoms with Crippen molar-refractivity contribution in [3.05, 3.63) is 106 Å². The van der Waals surface area contributed by atoms with Crippen LogP contribution in [0.25, 0.3) is 11.0 Å². The fraction of sp³-hybridized carbons (Fsp3) is 0.509. The number of aromatic amines is 1. The van der Waals surface area contributed by atoms with Crippen LogP contribution in [-0.4, -0.2) is 118 Å². The second-order valence-electron chi connectivity index (χ2n) is 20.8. The molecule has 382 valence electrons. The van der Waals surface area contributed by atoms with E-state index in [-0.39, 0.29) is 39.9 Å². The second kappa shape index (κ2) is 19.9. The van der Waals surface area contributed by atoms with Gasteiger partial charge in [0.1, 0.15) is 28.9 Å². The Bertz CT molecular complexity index is 2950. The highest BCUT2D eigenvalue weighted by molar-refractivity contribution is 7.90. The van der Waals surface area contributed by atoms with Gasteiger partial charge in [0.05, 0.1) is 58.4 Å². The molecular weight excluding hydrogens is 944 g/mol. The minimum atomic E-state index is -4.66. The minimum Gasteiger partial charge on any atom is -0.471 e. The Morgan fingerprint density at radius 2 is 1.69 bits per heavy atom. The number of anilines is 4. The number of benzene rings is 3. The normalized spacial score (nSPS) is 23.0.